The average Bonchev–Trinajstić information content (AvgIpc) is 2.18. The standard InChI is InChI=1S/C10H12.C3H8/c1-2-3-7-10-8-5-4-6-9-10;1-3-2/h3-9H,2H2,1H3;3H2,1-2H3/b7-3+;. The summed E-state index contributed by atoms with van der Waals surface area (Å²) in [6.45, 7) is 6.39. The van der Waals surface area contributed by atoms with Crippen molar-refractivity contribution in [3.05, 3.63) is 42.0 Å². The second-order valence-electron chi connectivity index (χ2n) is 2.93. The largest absolute Gasteiger partial charge is 0.0842 e. The van der Waals surface area contributed by atoms with Crippen molar-refractivity contribution < 1.29 is 0 Å². The average molecular weight is 176 g/mol. The van der Waals surface area contributed by atoms with Gasteiger partial charge in [0.05, 0.1) is 0 Å². The van der Waals surface area contributed by atoms with Gasteiger partial charge in [-0.2, -0.15) is 0 Å². The van der Waals surface area contributed by atoms with E-state index < -0.39 is 0 Å². The predicted octanol–water partition coefficient (Wildman–Crippen LogP) is 4.53. The summed E-state index contributed by atoms with van der Waals surface area (Å²) in [6.07, 6.45) is 6.66. The van der Waals surface area contributed by atoms with E-state index in [4.69, 9.17) is 0 Å². The van der Waals surface area contributed by atoms with E-state index in [1.165, 1.54) is 12.0 Å². The van der Waals surface area contributed by atoms with Crippen LogP contribution < -0.4 is 0 Å². The number of allylic oxidation sites excluding steroid dienone is 1. The van der Waals surface area contributed by atoms with Gasteiger partial charge in [0.15, 0.2) is 0 Å². The number of hydrogen-bond donors (Lipinski definition) is 0. The van der Waals surface area contributed by atoms with Gasteiger partial charge >= 0.3 is 0 Å². The lowest BCUT2D eigenvalue weighted by atomic mass is 10.2. The molecule has 0 atom stereocenters. The minimum atomic E-state index is 1.11. The topological polar surface area (TPSA) is 0 Å². The molecule has 13 heavy (non-hydrogen) atoms. The van der Waals surface area contributed by atoms with Crippen LogP contribution in [0, 0.1) is 0 Å². The van der Waals surface area contributed by atoms with Crippen molar-refractivity contribution in [2.75, 3.05) is 0 Å². The fraction of sp³-hybridized carbons (Fsp3) is 0.385. The van der Waals surface area contributed by atoms with Crippen molar-refractivity contribution in [3.8, 4) is 0 Å². The summed E-state index contributed by atoms with van der Waals surface area (Å²) in [4.78, 5) is 0. The van der Waals surface area contributed by atoms with Crippen LogP contribution in [-0.4, -0.2) is 0 Å². The van der Waals surface area contributed by atoms with Crippen molar-refractivity contribution in [3.63, 3.8) is 0 Å². The van der Waals surface area contributed by atoms with Gasteiger partial charge in [-0.05, 0) is 12.0 Å². The van der Waals surface area contributed by atoms with E-state index in [-0.39, 0.29) is 0 Å². The van der Waals surface area contributed by atoms with E-state index >= 15 is 0 Å². The number of rotatable bonds is 2. The molecule has 0 radical (unpaired) electrons. The van der Waals surface area contributed by atoms with Crippen molar-refractivity contribution in [1.29, 1.82) is 0 Å². The molecule has 0 spiro atoms. The maximum Gasteiger partial charge on any atom is -0.0260 e. The quantitative estimate of drug-likeness (QED) is 0.621. The number of benzene rings is 1. The minimum absolute atomic E-state index is 1.11. The molecule has 0 heterocycles. The summed E-state index contributed by atoms with van der Waals surface area (Å²) in [5.41, 5.74) is 1.28. The molecule has 0 nitrogen and oxygen atoms in total. The van der Waals surface area contributed by atoms with Gasteiger partial charge in [0.1, 0.15) is 0 Å². The Morgan fingerprint density at radius 2 is 1.54 bits per heavy atom. The summed E-state index contributed by atoms with van der Waals surface area (Å²) < 4.78 is 0. The van der Waals surface area contributed by atoms with E-state index in [0.29, 0.717) is 0 Å². The summed E-state index contributed by atoms with van der Waals surface area (Å²) in [5, 5.41) is 0. The SMILES string of the molecule is CC/C=C/c1ccccc1.CCC. The summed E-state index contributed by atoms with van der Waals surface area (Å²) in [7, 11) is 0. The lowest BCUT2D eigenvalue weighted by Gasteiger charge is -1.88. The highest BCUT2D eigenvalue weighted by Crippen LogP contribution is 2.00. The van der Waals surface area contributed by atoms with Crippen molar-refractivity contribution in [2.24, 2.45) is 0 Å². The first kappa shape index (κ1) is 12.0. The van der Waals surface area contributed by atoms with Crippen LogP contribution in [0.3, 0.4) is 0 Å². The molecule has 1 aromatic rings. The Bertz CT molecular complexity index is 209. The Morgan fingerprint density at radius 3 is 2.00 bits per heavy atom. The zero-order valence-electron chi connectivity index (χ0n) is 8.96. The van der Waals surface area contributed by atoms with Crippen LogP contribution in [-0.2, 0) is 0 Å². The summed E-state index contributed by atoms with van der Waals surface area (Å²) in [6, 6.07) is 10.3. The van der Waals surface area contributed by atoms with Crippen molar-refractivity contribution in [2.45, 2.75) is 33.6 Å². The molecule has 0 N–H and O–H groups in total. The van der Waals surface area contributed by atoms with E-state index in [1.54, 1.807) is 0 Å². The first-order valence-corrected chi connectivity index (χ1v) is 5.06. The van der Waals surface area contributed by atoms with Crippen LogP contribution in [0.2, 0.25) is 0 Å². The molecule has 1 rings (SSSR count). The predicted molar refractivity (Wildman–Crippen MR) is 61.7 cm³/mol. The molecular weight excluding hydrogens is 156 g/mol. The maximum atomic E-state index is 2.16. The van der Waals surface area contributed by atoms with Crippen LogP contribution >= 0.6 is 0 Å². The van der Waals surface area contributed by atoms with Gasteiger partial charge < -0.3 is 0 Å². The molecule has 0 unspecified atom stereocenters. The third kappa shape index (κ3) is 7.32. The van der Waals surface area contributed by atoms with Crippen LogP contribution in [0.15, 0.2) is 36.4 Å². The van der Waals surface area contributed by atoms with E-state index in [2.05, 4.69) is 57.2 Å². The van der Waals surface area contributed by atoms with Gasteiger partial charge in [-0.25, -0.2) is 0 Å². The fourth-order valence-electron chi connectivity index (χ4n) is 0.818. The molecule has 0 aliphatic carbocycles. The molecule has 0 amide bonds. The smallest absolute Gasteiger partial charge is 0.0260 e. The molecule has 0 aromatic heterocycles. The zero-order chi connectivity index (χ0) is 9.94. The van der Waals surface area contributed by atoms with Gasteiger partial charge in [-0.15, -0.1) is 0 Å². The normalized spacial score (nSPS) is 9.46. The van der Waals surface area contributed by atoms with Gasteiger partial charge in [0, 0.05) is 0 Å². The van der Waals surface area contributed by atoms with Gasteiger partial charge in [0.25, 0.3) is 0 Å². The lowest BCUT2D eigenvalue weighted by Crippen LogP contribution is -1.66. The second kappa shape index (κ2) is 9.05. The van der Waals surface area contributed by atoms with Crippen LogP contribution in [0.25, 0.3) is 6.08 Å². The van der Waals surface area contributed by atoms with Crippen LogP contribution in [0.4, 0.5) is 0 Å². The molecule has 0 heteroatoms. The monoisotopic (exact) mass is 176 g/mol. The van der Waals surface area contributed by atoms with Crippen molar-refractivity contribution in [1.82, 2.24) is 0 Å². The molecule has 0 saturated carbocycles. The Morgan fingerprint density at radius 1 is 1.00 bits per heavy atom. The van der Waals surface area contributed by atoms with Gasteiger partial charge in [0.2, 0.25) is 0 Å². The van der Waals surface area contributed by atoms with Crippen LogP contribution in [0.1, 0.15) is 39.2 Å². The molecule has 0 bridgehead atoms. The Labute approximate surface area is 82.3 Å². The Balaban J connectivity index is 0.000000424. The van der Waals surface area contributed by atoms with Crippen molar-refractivity contribution >= 4 is 6.08 Å². The zero-order valence-corrected chi connectivity index (χ0v) is 8.96. The summed E-state index contributed by atoms with van der Waals surface area (Å²) >= 11 is 0. The van der Waals surface area contributed by atoms with Crippen LogP contribution in [0.5, 0.6) is 0 Å². The molecule has 0 aliphatic heterocycles. The van der Waals surface area contributed by atoms with E-state index in [1.807, 2.05) is 6.07 Å². The summed E-state index contributed by atoms with van der Waals surface area (Å²) in [5.74, 6) is 0. The third-order valence-electron chi connectivity index (χ3n) is 1.35. The first-order valence-electron chi connectivity index (χ1n) is 5.06. The maximum absolute atomic E-state index is 2.16. The fourth-order valence-corrected chi connectivity index (χ4v) is 0.818. The molecular formula is C13H20. The van der Waals surface area contributed by atoms with E-state index in [9.17, 15) is 0 Å². The molecule has 0 saturated heterocycles. The van der Waals surface area contributed by atoms with E-state index in [0.717, 1.165) is 6.42 Å². The third-order valence-corrected chi connectivity index (χ3v) is 1.35. The second-order valence-corrected chi connectivity index (χ2v) is 2.93. The van der Waals surface area contributed by atoms with Gasteiger partial charge in [-0.1, -0.05) is 69.7 Å². The number of hydrogen-bond acceptors (Lipinski definition) is 0. The lowest BCUT2D eigenvalue weighted by molar-refractivity contribution is 1.09. The highest BCUT2D eigenvalue weighted by molar-refractivity contribution is 5.48. The molecule has 72 valence electrons. The van der Waals surface area contributed by atoms with Gasteiger partial charge in [-0.3, -0.25) is 0 Å². The molecule has 1 aromatic carbocycles. The molecule has 0 aliphatic rings. The highest BCUT2D eigenvalue weighted by atomic mass is 13.8. The highest BCUT2D eigenvalue weighted by Gasteiger charge is 1.78. The Kier molecular flexibility index (Phi) is 8.33. The Hall–Kier alpha value is -1.04. The molecule has 0 fully saturated rings. The minimum Gasteiger partial charge on any atom is -0.0842 e. The first-order chi connectivity index (χ1) is 6.35.